The van der Waals surface area contributed by atoms with E-state index in [1.165, 1.54) is 16.4 Å². The van der Waals surface area contributed by atoms with Crippen LogP contribution in [0.2, 0.25) is 5.02 Å². The molecule has 7 nitrogen and oxygen atoms in total. The number of hydrogen-bond acceptors (Lipinski definition) is 5. The summed E-state index contributed by atoms with van der Waals surface area (Å²) >= 11 is 5.88. The molecule has 1 aliphatic heterocycles. The SMILES string of the molecule is CCCN(C1CCNCC1)S(=O)(=O)c1cc(Cl)ccc1[N+](=O)[O-].Cl. The fourth-order valence-corrected chi connectivity index (χ4v) is 4.98. The minimum absolute atomic E-state index is 0. The molecule has 0 aromatic heterocycles. The summed E-state index contributed by atoms with van der Waals surface area (Å²) in [5.41, 5.74) is -0.440. The molecule has 0 unspecified atom stereocenters. The summed E-state index contributed by atoms with van der Waals surface area (Å²) in [6.45, 7) is 3.68. The number of benzene rings is 1. The predicted molar refractivity (Wildman–Crippen MR) is 95.4 cm³/mol. The van der Waals surface area contributed by atoms with Crippen molar-refractivity contribution in [2.24, 2.45) is 0 Å². The molecule has 0 atom stereocenters. The van der Waals surface area contributed by atoms with E-state index in [-0.39, 0.29) is 28.4 Å². The van der Waals surface area contributed by atoms with Gasteiger partial charge < -0.3 is 5.32 Å². The number of nitro benzene ring substituents is 1. The average Bonchev–Trinajstić information content (AvgIpc) is 2.53. The molecule has 0 saturated carbocycles. The molecule has 0 spiro atoms. The van der Waals surface area contributed by atoms with E-state index in [2.05, 4.69) is 5.32 Å². The maximum Gasteiger partial charge on any atom is 0.289 e. The molecule has 1 saturated heterocycles. The molecular formula is C14H21Cl2N3O4S. The molecule has 1 N–H and O–H groups in total. The van der Waals surface area contributed by atoms with Crippen LogP contribution in [0.4, 0.5) is 5.69 Å². The number of sulfonamides is 1. The topological polar surface area (TPSA) is 92.6 Å². The number of nitrogens with zero attached hydrogens (tertiary/aromatic N) is 2. The van der Waals surface area contributed by atoms with Crippen molar-refractivity contribution in [3.05, 3.63) is 33.3 Å². The summed E-state index contributed by atoms with van der Waals surface area (Å²) in [7, 11) is -3.98. The Morgan fingerprint density at radius 3 is 2.54 bits per heavy atom. The van der Waals surface area contributed by atoms with E-state index in [0.717, 1.165) is 19.2 Å². The second-order valence-corrected chi connectivity index (χ2v) is 7.76. The van der Waals surface area contributed by atoms with Crippen molar-refractivity contribution in [2.75, 3.05) is 19.6 Å². The Balaban J connectivity index is 0.00000288. The Morgan fingerprint density at radius 1 is 1.38 bits per heavy atom. The Kier molecular flexibility index (Phi) is 7.88. The van der Waals surface area contributed by atoms with Crippen molar-refractivity contribution >= 4 is 39.7 Å². The predicted octanol–water partition coefficient (Wildman–Crippen LogP) is 2.82. The van der Waals surface area contributed by atoms with Gasteiger partial charge in [-0.1, -0.05) is 18.5 Å². The van der Waals surface area contributed by atoms with Crippen molar-refractivity contribution < 1.29 is 13.3 Å². The van der Waals surface area contributed by atoms with Gasteiger partial charge in [0.1, 0.15) is 0 Å². The molecule has 10 heteroatoms. The lowest BCUT2D eigenvalue weighted by atomic mass is 10.1. The highest BCUT2D eigenvalue weighted by molar-refractivity contribution is 7.89. The normalized spacial score (nSPS) is 16.0. The van der Waals surface area contributed by atoms with Crippen molar-refractivity contribution in [1.82, 2.24) is 9.62 Å². The highest BCUT2D eigenvalue weighted by Gasteiger charge is 2.36. The van der Waals surface area contributed by atoms with Crippen LogP contribution in [0.1, 0.15) is 26.2 Å². The first kappa shape index (κ1) is 21.1. The van der Waals surface area contributed by atoms with Crippen LogP contribution in [-0.4, -0.2) is 43.3 Å². The molecule has 136 valence electrons. The molecule has 1 aromatic rings. The lowest BCUT2D eigenvalue weighted by molar-refractivity contribution is -0.387. The molecule has 0 aliphatic carbocycles. The van der Waals surface area contributed by atoms with Gasteiger partial charge in [-0.25, -0.2) is 8.42 Å². The van der Waals surface area contributed by atoms with E-state index in [1.807, 2.05) is 6.92 Å². The molecular weight excluding hydrogens is 377 g/mol. The molecule has 24 heavy (non-hydrogen) atoms. The van der Waals surface area contributed by atoms with Gasteiger partial charge in [-0.15, -0.1) is 12.4 Å². The first-order valence-corrected chi connectivity index (χ1v) is 9.36. The largest absolute Gasteiger partial charge is 0.317 e. The second-order valence-electron chi connectivity index (χ2n) is 5.47. The van der Waals surface area contributed by atoms with Crippen LogP contribution in [0.25, 0.3) is 0 Å². The molecule has 0 amide bonds. The second kappa shape index (κ2) is 8.96. The Bertz CT molecular complexity index is 679. The van der Waals surface area contributed by atoms with Crippen LogP contribution >= 0.6 is 24.0 Å². The molecule has 1 heterocycles. The number of piperidine rings is 1. The Labute approximate surface area is 153 Å². The zero-order valence-corrected chi connectivity index (χ0v) is 15.7. The van der Waals surface area contributed by atoms with Crippen LogP contribution in [0.3, 0.4) is 0 Å². The number of hydrogen-bond donors (Lipinski definition) is 1. The minimum Gasteiger partial charge on any atom is -0.317 e. The zero-order chi connectivity index (χ0) is 17.0. The number of halogens is 2. The first-order valence-electron chi connectivity index (χ1n) is 7.54. The average molecular weight is 398 g/mol. The minimum atomic E-state index is -3.98. The molecule has 1 aromatic carbocycles. The van der Waals surface area contributed by atoms with Crippen LogP contribution in [0.5, 0.6) is 0 Å². The molecule has 0 radical (unpaired) electrons. The van der Waals surface area contributed by atoms with Crippen LogP contribution in [0, 0.1) is 10.1 Å². The smallest absolute Gasteiger partial charge is 0.289 e. The van der Waals surface area contributed by atoms with Crippen molar-refractivity contribution in [3.63, 3.8) is 0 Å². The van der Waals surface area contributed by atoms with Gasteiger partial charge in [-0.3, -0.25) is 10.1 Å². The summed E-state index contributed by atoms with van der Waals surface area (Å²) in [5.74, 6) is 0. The molecule has 1 aliphatic rings. The summed E-state index contributed by atoms with van der Waals surface area (Å²) in [6.07, 6.45) is 2.01. The van der Waals surface area contributed by atoms with Gasteiger partial charge in [-0.2, -0.15) is 4.31 Å². The van der Waals surface area contributed by atoms with E-state index in [9.17, 15) is 18.5 Å². The number of nitrogens with one attached hydrogen (secondary N) is 1. The van der Waals surface area contributed by atoms with Gasteiger partial charge in [0.25, 0.3) is 5.69 Å². The zero-order valence-electron chi connectivity index (χ0n) is 13.3. The highest BCUT2D eigenvalue weighted by Crippen LogP contribution is 2.31. The number of rotatable bonds is 6. The van der Waals surface area contributed by atoms with Crippen molar-refractivity contribution in [3.8, 4) is 0 Å². The quantitative estimate of drug-likeness (QED) is 0.588. The Hall–Kier alpha value is -0.930. The maximum absolute atomic E-state index is 13.0. The van der Waals surface area contributed by atoms with E-state index in [1.54, 1.807) is 0 Å². The monoisotopic (exact) mass is 397 g/mol. The standard InChI is InChI=1S/C14H20ClN3O4S.ClH/c1-2-9-17(12-5-7-16-8-6-12)23(21,22)14-10-11(15)3-4-13(14)18(19)20;/h3-4,10,12,16H,2,5-9H2,1H3;1H. The van der Waals surface area contributed by atoms with Gasteiger partial charge in [0, 0.05) is 23.7 Å². The summed E-state index contributed by atoms with van der Waals surface area (Å²) in [5, 5.41) is 14.6. The Morgan fingerprint density at radius 2 is 2.00 bits per heavy atom. The first-order chi connectivity index (χ1) is 10.9. The van der Waals surface area contributed by atoms with E-state index >= 15 is 0 Å². The third-order valence-corrected chi connectivity index (χ3v) is 6.08. The van der Waals surface area contributed by atoms with E-state index in [0.29, 0.717) is 25.8 Å². The van der Waals surface area contributed by atoms with Crippen molar-refractivity contribution in [1.29, 1.82) is 0 Å². The molecule has 1 fully saturated rings. The van der Waals surface area contributed by atoms with Gasteiger partial charge >= 0.3 is 0 Å². The summed E-state index contributed by atoms with van der Waals surface area (Å²) in [6, 6.07) is 3.48. The van der Waals surface area contributed by atoms with Crippen molar-refractivity contribution in [2.45, 2.75) is 37.1 Å². The van der Waals surface area contributed by atoms with Crippen LogP contribution in [-0.2, 0) is 10.0 Å². The van der Waals surface area contributed by atoms with E-state index < -0.39 is 20.6 Å². The van der Waals surface area contributed by atoms with E-state index in [4.69, 9.17) is 11.6 Å². The summed E-state index contributed by atoms with van der Waals surface area (Å²) < 4.78 is 27.5. The fourth-order valence-electron chi connectivity index (χ4n) is 2.79. The lowest BCUT2D eigenvalue weighted by Gasteiger charge is -2.33. The summed E-state index contributed by atoms with van der Waals surface area (Å²) in [4.78, 5) is 10.2. The lowest BCUT2D eigenvalue weighted by Crippen LogP contribution is -2.46. The van der Waals surface area contributed by atoms with Gasteiger partial charge in [-0.05, 0) is 44.5 Å². The number of nitro groups is 1. The third-order valence-electron chi connectivity index (χ3n) is 3.87. The van der Waals surface area contributed by atoms with Gasteiger partial charge in [0.2, 0.25) is 10.0 Å². The molecule has 2 rings (SSSR count). The fraction of sp³-hybridized carbons (Fsp3) is 0.571. The van der Waals surface area contributed by atoms with Gasteiger partial charge in [0.05, 0.1) is 4.92 Å². The highest BCUT2D eigenvalue weighted by atomic mass is 35.5. The molecule has 0 bridgehead atoms. The third kappa shape index (κ3) is 4.58. The van der Waals surface area contributed by atoms with Crippen LogP contribution < -0.4 is 5.32 Å². The maximum atomic E-state index is 13.0. The van der Waals surface area contributed by atoms with Gasteiger partial charge in [0.15, 0.2) is 4.90 Å². The van der Waals surface area contributed by atoms with Crippen LogP contribution in [0.15, 0.2) is 23.1 Å².